The number of hydrogen-bond acceptors (Lipinski definition) is 3. The first-order valence-electron chi connectivity index (χ1n) is 7.69. The molecule has 1 aromatic rings. The zero-order chi connectivity index (χ0) is 17.8. The summed E-state index contributed by atoms with van der Waals surface area (Å²) >= 11 is 0. The second kappa shape index (κ2) is 5.16. The fourth-order valence-electron chi connectivity index (χ4n) is 4.07. The third-order valence-electron chi connectivity index (χ3n) is 5.05. The predicted octanol–water partition coefficient (Wildman–Crippen LogP) is 2.77. The van der Waals surface area contributed by atoms with Crippen molar-refractivity contribution < 1.29 is 28.2 Å². The fourth-order valence-corrected chi connectivity index (χ4v) is 4.07. The van der Waals surface area contributed by atoms with Crippen molar-refractivity contribution in [2.24, 2.45) is 5.41 Å². The lowest BCUT2D eigenvalue weighted by molar-refractivity contribution is -0.220. The average Bonchev–Trinajstić information content (AvgIpc) is 2.43. The Kier molecular flexibility index (Phi) is 3.58. The number of aliphatic carboxylic acids is 1. The summed E-state index contributed by atoms with van der Waals surface area (Å²) < 4.78 is 31.4. The molecule has 0 aliphatic heterocycles. The number of hydrogen-bond donors (Lipinski definition) is 2. The lowest BCUT2D eigenvalue weighted by atomic mass is 9.47. The molecule has 0 radical (unpaired) electrons. The standard InChI is InChI=1S/C17H19F2NO4/c1-10-3-4-11(5-12(10)24-2)13(21)20-16(14(22)23)6-15(7-16)8-17(18,19)9-15/h3-5H,6-9H2,1-2H3,(H,20,21)(H,22,23). The van der Waals surface area contributed by atoms with Crippen LogP contribution in [0.5, 0.6) is 5.75 Å². The maximum atomic E-state index is 13.1. The molecule has 2 aliphatic carbocycles. The summed E-state index contributed by atoms with van der Waals surface area (Å²) in [5.41, 5.74) is -0.995. The van der Waals surface area contributed by atoms with Crippen molar-refractivity contribution in [1.29, 1.82) is 0 Å². The lowest BCUT2D eigenvalue weighted by Crippen LogP contribution is -2.70. The van der Waals surface area contributed by atoms with E-state index in [0.29, 0.717) is 5.75 Å². The number of alkyl halides is 2. The molecule has 2 aliphatic rings. The molecular formula is C17H19F2NO4. The van der Waals surface area contributed by atoms with Crippen molar-refractivity contribution in [3.8, 4) is 5.75 Å². The van der Waals surface area contributed by atoms with Crippen LogP contribution in [0.3, 0.4) is 0 Å². The topological polar surface area (TPSA) is 75.6 Å². The minimum absolute atomic E-state index is 0.0413. The van der Waals surface area contributed by atoms with E-state index in [4.69, 9.17) is 4.74 Å². The first-order chi connectivity index (χ1) is 11.1. The summed E-state index contributed by atoms with van der Waals surface area (Å²) in [5.74, 6) is -3.91. The molecule has 1 amide bonds. The van der Waals surface area contributed by atoms with Gasteiger partial charge in [0.05, 0.1) is 7.11 Å². The minimum Gasteiger partial charge on any atom is -0.496 e. The van der Waals surface area contributed by atoms with Crippen molar-refractivity contribution in [2.45, 2.75) is 44.1 Å². The van der Waals surface area contributed by atoms with Crippen LogP contribution in [0.15, 0.2) is 18.2 Å². The summed E-state index contributed by atoms with van der Waals surface area (Å²) in [6, 6.07) is 4.82. The Morgan fingerprint density at radius 2 is 1.83 bits per heavy atom. The molecule has 0 saturated heterocycles. The van der Waals surface area contributed by atoms with Crippen LogP contribution in [0, 0.1) is 12.3 Å². The number of benzene rings is 1. The van der Waals surface area contributed by atoms with Crippen LogP contribution >= 0.6 is 0 Å². The van der Waals surface area contributed by atoms with Gasteiger partial charge in [-0.15, -0.1) is 0 Å². The molecule has 2 saturated carbocycles. The van der Waals surface area contributed by atoms with E-state index < -0.39 is 28.8 Å². The molecule has 5 nitrogen and oxygen atoms in total. The van der Waals surface area contributed by atoms with Gasteiger partial charge >= 0.3 is 5.97 Å². The molecule has 130 valence electrons. The number of aryl methyl sites for hydroxylation is 1. The number of carbonyl (C=O) groups is 2. The van der Waals surface area contributed by atoms with Crippen LogP contribution in [-0.2, 0) is 4.79 Å². The summed E-state index contributed by atoms with van der Waals surface area (Å²) in [4.78, 5) is 24.0. The van der Waals surface area contributed by atoms with Crippen LogP contribution in [-0.4, -0.2) is 35.6 Å². The van der Waals surface area contributed by atoms with Crippen molar-refractivity contribution in [2.75, 3.05) is 7.11 Å². The highest BCUT2D eigenvalue weighted by atomic mass is 19.3. The van der Waals surface area contributed by atoms with Gasteiger partial charge in [0.15, 0.2) is 0 Å². The summed E-state index contributed by atoms with van der Waals surface area (Å²) in [6.45, 7) is 1.83. The average molecular weight is 339 g/mol. The molecule has 7 heteroatoms. The zero-order valence-corrected chi connectivity index (χ0v) is 13.5. The molecule has 3 rings (SSSR count). The lowest BCUT2D eigenvalue weighted by Gasteiger charge is -2.61. The molecule has 0 bridgehead atoms. The van der Waals surface area contributed by atoms with Crippen LogP contribution in [0.2, 0.25) is 0 Å². The van der Waals surface area contributed by atoms with E-state index in [-0.39, 0.29) is 31.2 Å². The van der Waals surface area contributed by atoms with Gasteiger partial charge in [-0.2, -0.15) is 0 Å². The molecule has 0 aromatic heterocycles. The minimum atomic E-state index is -2.71. The summed E-state index contributed by atoms with van der Waals surface area (Å²) in [5, 5.41) is 12.0. The third-order valence-corrected chi connectivity index (χ3v) is 5.05. The van der Waals surface area contributed by atoms with E-state index in [1.807, 2.05) is 6.92 Å². The Morgan fingerprint density at radius 3 is 2.33 bits per heavy atom. The summed E-state index contributed by atoms with van der Waals surface area (Å²) in [7, 11) is 1.48. The van der Waals surface area contributed by atoms with E-state index in [1.54, 1.807) is 12.1 Å². The Bertz CT molecular complexity index is 701. The second-order valence-electron chi connectivity index (χ2n) is 7.09. The Balaban J connectivity index is 1.74. The van der Waals surface area contributed by atoms with Gasteiger partial charge < -0.3 is 15.2 Å². The highest BCUT2D eigenvalue weighted by molar-refractivity contribution is 5.98. The fraction of sp³-hybridized carbons (Fsp3) is 0.529. The van der Waals surface area contributed by atoms with Crippen LogP contribution in [0.25, 0.3) is 0 Å². The number of halogens is 2. The predicted molar refractivity (Wildman–Crippen MR) is 81.4 cm³/mol. The van der Waals surface area contributed by atoms with Gasteiger partial charge in [-0.3, -0.25) is 4.79 Å². The van der Waals surface area contributed by atoms with E-state index in [0.717, 1.165) is 5.56 Å². The number of carboxylic acids is 1. The van der Waals surface area contributed by atoms with Gasteiger partial charge in [0.2, 0.25) is 5.92 Å². The molecule has 0 atom stereocenters. The summed E-state index contributed by atoms with van der Waals surface area (Å²) in [6.07, 6.45) is -0.522. The van der Waals surface area contributed by atoms with Crippen molar-refractivity contribution in [1.82, 2.24) is 5.32 Å². The van der Waals surface area contributed by atoms with Gasteiger partial charge in [0, 0.05) is 18.4 Å². The van der Waals surface area contributed by atoms with Crippen molar-refractivity contribution >= 4 is 11.9 Å². The highest BCUT2D eigenvalue weighted by Gasteiger charge is 2.69. The molecule has 0 unspecified atom stereocenters. The number of ether oxygens (including phenoxy) is 1. The molecule has 2 fully saturated rings. The molecule has 1 spiro atoms. The zero-order valence-electron chi connectivity index (χ0n) is 13.5. The molecule has 2 N–H and O–H groups in total. The van der Waals surface area contributed by atoms with Crippen LogP contribution in [0.1, 0.15) is 41.6 Å². The number of amides is 1. The Labute approximate surface area is 138 Å². The van der Waals surface area contributed by atoms with Gasteiger partial charge in [-0.05, 0) is 42.9 Å². The first kappa shape index (κ1) is 16.7. The molecule has 24 heavy (non-hydrogen) atoms. The SMILES string of the molecule is COc1cc(C(=O)NC2(C(=O)O)CC3(CC(F)(F)C3)C2)ccc1C. The van der Waals surface area contributed by atoms with E-state index in [2.05, 4.69) is 5.32 Å². The van der Waals surface area contributed by atoms with Crippen LogP contribution in [0.4, 0.5) is 8.78 Å². The van der Waals surface area contributed by atoms with Gasteiger partial charge in [-0.25, -0.2) is 13.6 Å². The van der Waals surface area contributed by atoms with Crippen molar-refractivity contribution in [3.63, 3.8) is 0 Å². The number of methoxy groups -OCH3 is 1. The smallest absolute Gasteiger partial charge is 0.329 e. The second-order valence-corrected chi connectivity index (χ2v) is 7.09. The molecular weight excluding hydrogens is 320 g/mol. The number of carbonyl (C=O) groups excluding carboxylic acids is 1. The van der Waals surface area contributed by atoms with E-state index >= 15 is 0 Å². The molecule has 0 heterocycles. The van der Waals surface area contributed by atoms with E-state index in [1.165, 1.54) is 13.2 Å². The molecule has 1 aromatic carbocycles. The number of rotatable bonds is 4. The Morgan fingerprint density at radius 1 is 1.21 bits per heavy atom. The van der Waals surface area contributed by atoms with Gasteiger partial charge in [0.25, 0.3) is 5.91 Å². The number of nitrogens with one attached hydrogen (secondary N) is 1. The van der Waals surface area contributed by atoms with Gasteiger partial charge in [-0.1, -0.05) is 6.07 Å². The van der Waals surface area contributed by atoms with E-state index in [9.17, 15) is 23.5 Å². The largest absolute Gasteiger partial charge is 0.496 e. The van der Waals surface area contributed by atoms with Crippen molar-refractivity contribution in [3.05, 3.63) is 29.3 Å². The highest BCUT2D eigenvalue weighted by Crippen LogP contribution is 2.65. The number of carboxylic acid groups (broad SMARTS) is 1. The maximum absolute atomic E-state index is 13.1. The maximum Gasteiger partial charge on any atom is 0.329 e. The van der Waals surface area contributed by atoms with Crippen LogP contribution < -0.4 is 10.1 Å². The first-order valence-corrected chi connectivity index (χ1v) is 7.69. The van der Waals surface area contributed by atoms with Gasteiger partial charge in [0.1, 0.15) is 11.3 Å². The Hall–Kier alpha value is -2.18. The normalized spacial score (nSPS) is 22.2. The monoisotopic (exact) mass is 339 g/mol. The quantitative estimate of drug-likeness (QED) is 0.884. The third kappa shape index (κ3) is 2.61.